The van der Waals surface area contributed by atoms with Crippen LogP contribution in [0.3, 0.4) is 0 Å². The van der Waals surface area contributed by atoms with Crippen LogP contribution >= 0.6 is 0 Å². The number of benzene rings is 2. The molecule has 11 heteroatoms. The molecular weight excluding hydrogens is 538 g/mol. The van der Waals surface area contributed by atoms with Gasteiger partial charge in [0.1, 0.15) is 11.5 Å². The van der Waals surface area contributed by atoms with Crippen molar-refractivity contribution in [2.24, 2.45) is 7.05 Å². The van der Waals surface area contributed by atoms with E-state index in [0.717, 1.165) is 22.5 Å². The summed E-state index contributed by atoms with van der Waals surface area (Å²) in [5.74, 6) is 0.436. The number of anilines is 1. The zero-order valence-corrected chi connectivity index (χ0v) is 23.1. The van der Waals surface area contributed by atoms with E-state index < -0.39 is 16.1 Å². The van der Waals surface area contributed by atoms with Crippen LogP contribution in [-0.4, -0.2) is 44.8 Å². The Bertz CT molecular complexity index is 1810. The van der Waals surface area contributed by atoms with Crippen LogP contribution in [0.1, 0.15) is 22.6 Å². The van der Waals surface area contributed by atoms with Gasteiger partial charge in [0.2, 0.25) is 0 Å². The molecule has 0 aliphatic carbocycles. The normalized spacial score (nSPS) is 15.0. The van der Waals surface area contributed by atoms with Gasteiger partial charge in [-0.2, -0.15) is 9.57 Å². The van der Waals surface area contributed by atoms with Crippen molar-refractivity contribution in [3.05, 3.63) is 114 Å². The van der Waals surface area contributed by atoms with Crippen molar-refractivity contribution in [3.63, 3.8) is 0 Å². The first kappa shape index (κ1) is 26.4. The van der Waals surface area contributed by atoms with Gasteiger partial charge >= 0.3 is 0 Å². The maximum atomic E-state index is 14.2. The first-order valence-corrected chi connectivity index (χ1v) is 14.5. The Kier molecular flexibility index (Phi) is 7.09. The van der Waals surface area contributed by atoms with Crippen molar-refractivity contribution in [1.29, 1.82) is 5.26 Å². The summed E-state index contributed by atoms with van der Waals surface area (Å²) in [6.07, 6.45) is 6.76. The Hall–Kier alpha value is -4.79. The molecule has 1 unspecified atom stereocenters. The van der Waals surface area contributed by atoms with Gasteiger partial charge in [-0.25, -0.2) is 23.4 Å². The number of hydrogen-bond donors (Lipinski definition) is 0. The third kappa shape index (κ3) is 5.23. The Morgan fingerprint density at radius 1 is 1.10 bits per heavy atom. The van der Waals surface area contributed by atoms with Gasteiger partial charge < -0.3 is 13.9 Å². The number of pyridine rings is 1. The molecule has 5 aromatic rings. The molecule has 1 atom stereocenters. The van der Waals surface area contributed by atoms with Crippen LogP contribution in [0.15, 0.2) is 101 Å². The smallest absolute Gasteiger partial charge is 0.261 e. The Morgan fingerprint density at radius 2 is 1.93 bits per heavy atom. The largest absolute Gasteiger partial charge is 0.446 e. The third-order valence-electron chi connectivity index (χ3n) is 7.31. The van der Waals surface area contributed by atoms with Crippen molar-refractivity contribution in [3.8, 4) is 17.3 Å². The fraction of sp³-hybridized carbons (Fsp3) is 0.200. The van der Waals surface area contributed by atoms with Crippen molar-refractivity contribution in [1.82, 2.24) is 23.8 Å². The fourth-order valence-corrected chi connectivity index (χ4v) is 6.76. The lowest BCUT2D eigenvalue weighted by Crippen LogP contribution is -2.50. The number of nitriles is 1. The van der Waals surface area contributed by atoms with Crippen LogP contribution in [0.2, 0.25) is 0 Å². The minimum Gasteiger partial charge on any atom is -0.446 e. The molecule has 0 spiro atoms. The van der Waals surface area contributed by atoms with Gasteiger partial charge in [-0.3, -0.25) is 0 Å². The number of hydrogen-bond acceptors (Lipinski definition) is 8. The topological polar surface area (TPSA) is 121 Å². The third-order valence-corrected chi connectivity index (χ3v) is 9.13. The van der Waals surface area contributed by atoms with Crippen LogP contribution in [0.4, 0.5) is 5.69 Å². The average Bonchev–Trinajstić information content (AvgIpc) is 3.64. The fourth-order valence-electron chi connectivity index (χ4n) is 5.26. The zero-order chi connectivity index (χ0) is 28.4. The molecule has 1 aliphatic heterocycles. The summed E-state index contributed by atoms with van der Waals surface area (Å²) in [7, 11) is -2.14. The summed E-state index contributed by atoms with van der Waals surface area (Å²) in [6.45, 7) is 0.881. The molecule has 3 aromatic heterocycles. The van der Waals surface area contributed by atoms with E-state index in [1.807, 2.05) is 54.1 Å². The second-order valence-corrected chi connectivity index (χ2v) is 11.7. The predicted octanol–water partition coefficient (Wildman–Crippen LogP) is 4.16. The lowest BCUT2D eigenvalue weighted by atomic mass is 9.95. The number of aryl methyl sites for hydroxylation is 1. The van der Waals surface area contributed by atoms with Gasteiger partial charge in [-0.05, 0) is 42.3 Å². The number of aromatic nitrogens is 4. The molecule has 0 amide bonds. The molecule has 6 rings (SSSR count). The standard InChI is InChI=1S/C30H27N7O3S/c1-35-20-32-16-26(35)18-36-17-25(14-24-13-22(15-31)10-11-27(24)36)37(41(38,39)29-9-5-6-12-33-29)19-28-30(34-21-40-28)23-7-3-2-4-8-23/h2-13,16,20-21,25H,14,17-19H2,1H3. The average molecular weight is 566 g/mol. The molecule has 41 heavy (non-hydrogen) atoms. The van der Waals surface area contributed by atoms with E-state index in [2.05, 4.69) is 25.9 Å². The van der Waals surface area contributed by atoms with Crippen LogP contribution in [0, 0.1) is 11.3 Å². The lowest BCUT2D eigenvalue weighted by molar-refractivity contribution is 0.281. The SMILES string of the molecule is Cn1cncc1CN1CC(N(Cc2ocnc2-c2ccccc2)S(=O)(=O)c2ccccn2)Cc2cc(C#N)ccc21. The Labute approximate surface area is 238 Å². The summed E-state index contributed by atoms with van der Waals surface area (Å²) in [4.78, 5) is 15.0. The second kappa shape index (κ2) is 11.0. The lowest BCUT2D eigenvalue weighted by Gasteiger charge is -2.40. The highest BCUT2D eigenvalue weighted by Crippen LogP contribution is 2.34. The maximum absolute atomic E-state index is 14.2. The molecule has 0 radical (unpaired) electrons. The minimum absolute atomic E-state index is 0.0410. The molecule has 1 aliphatic rings. The van der Waals surface area contributed by atoms with E-state index in [-0.39, 0.29) is 11.6 Å². The van der Waals surface area contributed by atoms with Crippen molar-refractivity contribution < 1.29 is 12.8 Å². The van der Waals surface area contributed by atoms with Gasteiger partial charge in [-0.15, -0.1) is 0 Å². The molecule has 2 aromatic carbocycles. The van der Waals surface area contributed by atoms with Crippen LogP contribution in [-0.2, 0) is 36.6 Å². The maximum Gasteiger partial charge on any atom is 0.261 e. The number of nitrogens with zero attached hydrogens (tertiary/aromatic N) is 7. The minimum atomic E-state index is -4.06. The summed E-state index contributed by atoms with van der Waals surface area (Å²) >= 11 is 0. The number of rotatable bonds is 8. The molecule has 0 saturated heterocycles. The number of oxazole rings is 1. The second-order valence-electron chi connectivity index (χ2n) is 9.90. The van der Waals surface area contributed by atoms with Gasteiger partial charge in [0.25, 0.3) is 10.0 Å². The quantitative estimate of drug-likeness (QED) is 0.275. The molecule has 0 bridgehead atoms. The van der Waals surface area contributed by atoms with Crippen molar-refractivity contribution in [2.45, 2.75) is 30.6 Å². The number of sulfonamides is 1. The zero-order valence-electron chi connectivity index (χ0n) is 22.3. The molecule has 0 saturated carbocycles. The molecule has 206 valence electrons. The summed E-state index contributed by atoms with van der Waals surface area (Å²) in [6, 6.07) is 21.7. The van der Waals surface area contributed by atoms with E-state index in [0.29, 0.717) is 36.5 Å². The summed E-state index contributed by atoms with van der Waals surface area (Å²) in [5, 5.41) is 9.56. The van der Waals surface area contributed by atoms with Gasteiger partial charge in [0.05, 0.1) is 36.7 Å². The first-order chi connectivity index (χ1) is 19.9. The molecule has 4 heterocycles. The number of fused-ring (bicyclic) bond motifs is 1. The molecule has 0 N–H and O–H groups in total. The van der Waals surface area contributed by atoms with E-state index in [4.69, 9.17) is 4.42 Å². The molecule has 10 nitrogen and oxygen atoms in total. The highest BCUT2D eigenvalue weighted by Gasteiger charge is 2.38. The predicted molar refractivity (Wildman–Crippen MR) is 152 cm³/mol. The molecule has 0 fully saturated rings. The van der Waals surface area contributed by atoms with Crippen LogP contribution in [0.5, 0.6) is 0 Å². The Balaban J connectivity index is 1.44. The Morgan fingerprint density at radius 3 is 2.66 bits per heavy atom. The molecular formula is C30H27N7O3S. The highest BCUT2D eigenvalue weighted by atomic mass is 32.2. The van der Waals surface area contributed by atoms with Crippen molar-refractivity contribution >= 4 is 15.7 Å². The number of imidazole rings is 1. The first-order valence-electron chi connectivity index (χ1n) is 13.1. The van der Waals surface area contributed by atoms with E-state index >= 15 is 0 Å². The monoisotopic (exact) mass is 565 g/mol. The van der Waals surface area contributed by atoms with Crippen LogP contribution < -0.4 is 4.90 Å². The van der Waals surface area contributed by atoms with Gasteiger partial charge in [0, 0.05) is 43.3 Å². The van der Waals surface area contributed by atoms with Crippen molar-refractivity contribution in [2.75, 3.05) is 11.4 Å². The van der Waals surface area contributed by atoms with E-state index in [1.54, 1.807) is 30.7 Å². The van der Waals surface area contributed by atoms with Crippen LogP contribution in [0.25, 0.3) is 11.3 Å². The summed E-state index contributed by atoms with van der Waals surface area (Å²) < 4.78 is 37.7. The highest BCUT2D eigenvalue weighted by molar-refractivity contribution is 7.89. The van der Waals surface area contributed by atoms with E-state index in [1.165, 1.54) is 23.0 Å². The van der Waals surface area contributed by atoms with E-state index in [9.17, 15) is 13.7 Å². The summed E-state index contributed by atoms with van der Waals surface area (Å²) in [5.41, 5.74) is 4.76. The van der Waals surface area contributed by atoms with Gasteiger partial charge in [-0.1, -0.05) is 36.4 Å². The van der Waals surface area contributed by atoms with Gasteiger partial charge in [0.15, 0.2) is 11.4 Å².